The Morgan fingerprint density at radius 2 is 2.04 bits per heavy atom. The molecule has 1 aromatic carbocycles. The molecule has 2 amide bonds. The first kappa shape index (κ1) is 16.2. The van der Waals surface area contributed by atoms with E-state index in [4.69, 9.17) is 0 Å². The molecule has 2 aromatic rings. The molecule has 24 heavy (non-hydrogen) atoms. The Hall–Kier alpha value is -2.63. The number of carbonyl (C=O) groups is 2. The Kier molecular flexibility index (Phi) is 4.64. The van der Waals surface area contributed by atoms with Crippen LogP contribution in [0.5, 0.6) is 0 Å². The maximum absolute atomic E-state index is 13.0. The second-order valence-corrected chi connectivity index (χ2v) is 6.14. The van der Waals surface area contributed by atoms with Gasteiger partial charge in [0.15, 0.2) is 0 Å². The number of nitrogens with zero attached hydrogens (tertiary/aromatic N) is 2. The van der Waals surface area contributed by atoms with Crippen molar-refractivity contribution in [2.45, 2.75) is 32.7 Å². The molecule has 1 aromatic heterocycles. The maximum atomic E-state index is 13.0. The highest BCUT2D eigenvalue weighted by Gasteiger charge is 2.33. The first-order valence-corrected chi connectivity index (χ1v) is 8.22. The molecule has 126 valence electrons. The average molecular weight is 326 g/mol. The van der Waals surface area contributed by atoms with Crippen molar-refractivity contribution in [2.24, 2.45) is 0 Å². The zero-order chi connectivity index (χ0) is 17.1. The van der Waals surface area contributed by atoms with Crippen LogP contribution in [0.15, 0.2) is 30.3 Å². The van der Waals surface area contributed by atoms with E-state index in [1.165, 1.54) is 0 Å². The molecule has 0 aliphatic carbocycles. The third kappa shape index (κ3) is 3.32. The summed E-state index contributed by atoms with van der Waals surface area (Å²) in [6.45, 7) is 4.78. The van der Waals surface area contributed by atoms with Crippen LogP contribution in [0, 0.1) is 13.8 Å². The van der Waals surface area contributed by atoms with Crippen LogP contribution in [-0.4, -0.2) is 45.8 Å². The first-order chi connectivity index (χ1) is 11.6. The summed E-state index contributed by atoms with van der Waals surface area (Å²) in [5.74, 6) is 0.416. The quantitative estimate of drug-likeness (QED) is 0.899. The van der Waals surface area contributed by atoms with E-state index < -0.39 is 6.04 Å². The predicted molar refractivity (Wildman–Crippen MR) is 90.7 cm³/mol. The fraction of sp³-hybridized carbons (Fsp3) is 0.389. The fourth-order valence-electron chi connectivity index (χ4n) is 3.11. The van der Waals surface area contributed by atoms with Crippen molar-refractivity contribution in [3.05, 3.63) is 53.1 Å². The third-order valence-electron chi connectivity index (χ3n) is 4.29. The predicted octanol–water partition coefficient (Wildman–Crippen LogP) is 1.60. The number of hydrogen-bond donors (Lipinski definition) is 2. The second kappa shape index (κ2) is 6.86. The van der Waals surface area contributed by atoms with Crippen LogP contribution in [0.4, 0.5) is 0 Å². The molecule has 1 aliphatic heterocycles. The van der Waals surface area contributed by atoms with Crippen LogP contribution in [0.2, 0.25) is 0 Å². The number of aryl methyl sites for hydroxylation is 2. The Labute approximate surface area is 141 Å². The van der Waals surface area contributed by atoms with Crippen molar-refractivity contribution < 1.29 is 9.59 Å². The van der Waals surface area contributed by atoms with E-state index in [1.807, 2.05) is 44.2 Å². The summed E-state index contributed by atoms with van der Waals surface area (Å²) in [7, 11) is 0. The summed E-state index contributed by atoms with van der Waals surface area (Å²) in [5, 5.41) is 2.91. The minimum atomic E-state index is -0.515. The smallest absolute Gasteiger partial charge is 0.275 e. The lowest BCUT2D eigenvalue weighted by molar-refractivity contribution is -0.124. The summed E-state index contributed by atoms with van der Waals surface area (Å²) in [5.41, 5.74) is 2.17. The lowest BCUT2D eigenvalue weighted by Crippen LogP contribution is -2.48. The van der Waals surface area contributed by atoms with E-state index >= 15 is 0 Å². The van der Waals surface area contributed by atoms with Crippen molar-refractivity contribution in [1.29, 1.82) is 0 Å². The summed E-state index contributed by atoms with van der Waals surface area (Å²) in [6, 6.07) is 9.26. The third-order valence-corrected chi connectivity index (χ3v) is 4.29. The van der Waals surface area contributed by atoms with Gasteiger partial charge in [-0.1, -0.05) is 30.3 Å². The molecule has 6 heteroatoms. The van der Waals surface area contributed by atoms with E-state index in [2.05, 4.69) is 15.3 Å². The highest BCUT2D eigenvalue weighted by Crippen LogP contribution is 2.17. The number of imidazole rings is 1. The van der Waals surface area contributed by atoms with Gasteiger partial charge >= 0.3 is 0 Å². The summed E-state index contributed by atoms with van der Waals surface area (Å²) in [6.07, 6.45) is 1.24. The standard InChI is InChI=1S/C18H22N4O2/c1-12-16(21-13(2)20-12)18(24)22-10-6-9-19-17(23)15(22)11-14-7-4-3-5-8-14/h3-5,7-8,15H,6,9-11H2,1-2H3,(H,19,23)(H,20,21). The number of amides is 2. The molecular weight excluding hydrogens is 304 g/mol. The molecule has 0 bridgehead atoms. The number of aromatic nitrogens is 2. The minimum Gasteiger partial charge on any atom is -0.354 e. The van der Waals surface area contributed by atoms with E-state index in [0.717, 1.165) is 17.7 Å². The number of nitrogens with one attached hydrogen (secondary N) is 2. The van der Waals surface area contributed by atoms with Gasteiger partial charge < -0.3 is 15.2 Å². The number of carbonyl (C=O) groups excluding carboxylic acids is 2. The molecule has 6 nitrogen and oxygen atoms in total. The van der Waals surface area contributed by atoms with Crippen LogP contribution in [-0.2, 0) is 11.2 Å². The van der Waals surface area contributed by atoms with Gasteiger partial charge in [-0.2, -0.15) is 0 Å². The second-order valence-electron chi connectivity index (χ2n) is 6.14. The Bertz CT molecular complexity index is 739. The van der Waals surface area contributed by atoms with Gasteiger partial charge in [0.25, 0.3) is 5.91 Å². The molecule has 2 N–H and O–H groups in total. The molecule has 0 radical (unpaired) electrons. The zero-order valence-corrected chi connectivity index (χ0v) is 14.0. The molecule has 1 aliphatic rings. The molecule has 0 saturated carbocycles. The summed E-state index contributed by atoms with van der Waals surface area (Å²) < 4.78 is 0. The highest BCUT2D eigenvalue weighted by molar-refractivity contribution is 5.97. The van der Waals surface area contributed by atoms with Crippen molar-refractivity contribution >= 4 is 11.8 Å². The molecule has 0 spiro atoms. The monoisotopic (exact) mass is 326 g/mol. The van der Waals surface area contributed by atoms with Gasteiger partial charge in [-0.05, 0) is 25.8 Å². The van der Waals surface area contributed by atoms with Crippen LogP contribution in [0.1, 0.15) is 34.0 Å². The molecular formula is C18H22N4O2. The van der Waals surface area contributed by atoms with E-state index in [0.29, 0.717) is 31.0 Å². The summed E-state index contributed by atoms with van der Waals surface area (Å²) >= 11 is 0. The van der Waals surface area contributed by atoms with Gasteiger partial charge in [-0.15, -0.1) is 0 Å². The van der Waals surface area contributed by atoms with Gasteiger partial charge in [0.05, 0.1) is 0 Å². The lowest BCUT2D eigenvalue weighted by Gasteiger charge is -2.28. The zero-order valence-electron chi connectivity index (χ0n) is 14.0. The molecule has 1 saturated heterocycles. The van der Waals surface area contributed by atoms with Crippen LogP contribution in [0.25, 0.3) is 0 Å². The Morgan fingerprint density at radius 1 is 1.29 bits per heavy atom. The van der Waals surface area contributed by atoms with Gasteiger partial charge in [-0.25, -0.2) is 4.98 Å². The van der Waals surface area contributed by atoms with Crippen molar-refractivity contribution in [2.75, 3.05) is 13.1 Å². The van der Waals surface area contributed by atoms with Crippen molar-refractivity contribution in [3.8, 4) is 0 Å². The number of H-pyrrole nitrogens is 1. The maximum Gasteiger partial charge on any atom is 0.275 e. The Balaban J connectivity index is 1.90. The largest absolute Gasteiger partial charge is 0.354 e. The van der Waals surface area contributed by atoms with E-state index in [1.54, 1.807) is 4.90 Å². The van der Waals surface area contributed by atoms with Crippen LogP contribution < -0.4 is 5.32 Å². The minimum absolute atomic E-state index is 0.102. The van der Waals surface area contributed by atoms with Gasteiger partial charge in [-0.3, -0.25) is 9.59 Å². The van der Waals surface area contributed by atoms with Crippen molar-refractivity contribution in [3.63, 3.8) is 0 Å². The van der Waals surface area contributed by atoms with Gasteiger partial charge in [0, 0.05) is 25.2 Å². The normalized spacial score (nSPS) is 18.2. The molecule has 3 rings (SSSR count). The SMILES string of the molecule is Cc1nc(C(=O)N2CCCNC(=O)C2Cc2ccccc2)c(C)[nH]1. The van der Waals surface area contributed by atoms with Crippen LogP contribution >= 0.6 is 0 Å². The Morgan fingerprint density at radius 3 is 2.71 bits per heavy atom. The van der Waals surface area contributed by atoms with E-state index in [-0.39, 0.29) is 11.8 Å². The first-order valence-electron chi connectivity index (χ1n) is 8.22. The van der Waals surface area contributed by atoms with Gasteiger partial charge in [0.1, 0.15) is 17.6 Å². The number of rotatable bonds is 3. The lowest BCUT2D eigenvalue weighted by atomic mass is 10.0. The number of benzene rings is 1. The number of aromatic amines is 1. The van der Waals surface area contributed by atoms with Crippen molar-refractivity contribution in [1.82, 2.24) is 20.2 Å². The topological polar surface area (TPSA) is 78.1 Å². The molecule has 2 heterocycles. The van der Waals surface area contributed by atoms with E-state index in [9.17, 15) is 9.59 Å². The molecule has 1 atom stereocenters. The summed E-state index contributed by atoms with van der Waals surface area (Å²) in [4.78, 5) is 34.5. The van der Waals surface area contributed by atoms with Gasteiger partial charge in [0.2, 0.25) is 5.91 Å². The fourth-order valence-corrected chi connectivity index (χ4v) is 3.11. The molecule has 1 unspecified atom stereocenters. The molecule has 1 fully saturated rings. The van der Waals surface area contributed by atoms with Crippen LogP contribution in [0.3, 0.4) is 0 Å². The average Bonchev–Trinajstić information content (AvgIpc) is 2.81. The highest BCUT2D eigenvalue weighted by atomic mass is 16.2. The number of hydrogen-bond acceptors (Lipinski definition) is 3.